The molecule has 25 heavy (non-hydrogen) atoms. The van der Waals surface area contributed by atoms with Crippen molar-refractivity contribution in [2.75, 3.05) is 16.6 Å². The second-order valence-corrected chi connectivity index (χ2v) is 8.02. The van der Waals surface area contributed by atoms with Gasteiger partial charge in [-0.3, -0.25) is 14.1 Å². The average molecular weight is 359 g/mol. The molecule has 0 radical (unpaired) electrons. The highest BCUT2D eigenvalue weighted by Gasteiger charge is 2.27. The Balaban J connectivity index is 1.58. The van der Waals surface area contributed by atoms with Crippen LogP contribution in [0.2, 0.25) is 0 Å². The van der Waals surface area contributed by atoms with E-state index in [9.17, 15) is 13.2 Å². The normalized spacial score (nSPS) is 14.0. The Bertz CT molecular complexity index is 838. The van der Waals surface area contributed by atoms with Crippen molar-refractivity contribution >= 4 is 21.6 Å². The van der Waals surface area contributed by atoms with Crippen molar-refractivity contribution in [2.24, 2.45) is 0 Å². The van der Waals surface area contributed by atoms with Gasteiger partial charge in [0.25, 0.3) is 0 Å². The molecule has 1 aliphatic heterocycles. The molecular formula is C18H21N3O3S. The molecule has 3 rings (SSSR count). The summed E-state index contributed by atoms with van der Waals surface area (Å²) in [5.74, 6) is -0.463. The third kappa shape index (κ3) is 4.36. The molecule has 1 N–H and O–H groups in total. The molecule has 1 aromatic carbocycles. The van der Waals surface area contributed by atoms with E-state index in [0.717, 1.165) is 29.7 Å². The number of nitrogens with zero attached hydrogens (tertiary/aromatic N) is 2. The molecule has 0 saturated carbocycles. The Morgan fingerprint density at radius 2 is 1.92 bits per heavy atom. The van der Waals surface area contributed by atoms with E-state index in [-0.39, 0.29) is 18.1 Å². The van der Waals surface area contributed by atoms with Crippen LogP contribution in [-0.4, -0.2) is 31.6 Å². The minimum atomic E-state index is -3.51. The van der Waals surface area contributed by atoms with Crippen LogP contribution in [0.1, 0.15) is 24.0 Å². The highest BCUT2D eigenvalue weighted by Crippen LogP contribution is 2.29. The molecule has 7 heteroatoms. The first-order valence-corrected chi connectivity index (χ1v) is 9.91. The molecule has 0 saturated heterocycles. The molecule has 0 aliphatic carbocycles. The topological polar surface area (TPSA) is 79.4 Å². The quantitative estimate of drug-likeness (QED) is 0.854. The lowest BCUT2D eigenvalue weighted by Gasteiger charge is -2.30. The number of hydrogen-bond donors (Lipinski definition) is 1. The fourth-order valence-corrected chi connectivity index (χ4v) is 4.46. The van der Waals surface area contributed by atoms with E-state index in [1.807, 2.05) is 36.4 Å². The SMILES string of the molecule is O=C(CCS(=O)(=O)N1CCCc2ccccc21)NCc1ccncc1. The number of aromatic nitrogens is 1. The number of carbonyl (C=O) groups is 1. The number of sulfonamides is 1. The van der Waals surface area contributed by atoms with E-state index in [2.05, 4.69) is 10.3 Å². The Morgan fingerprint density at radius 3 is 2.72 bits per heavy atom. The monoisotopic (exact) mass is 359 g/mol. The van der Waals surface area contributed by atoms with E-state index in [1.54, 1.807) is 12.4 Å². The van der Waals surface area contributed by atoms with Crippen LogP contribution in [0.15, 0.2) is 48.8 Å². The molecule has 2 aromatic rings. The maximum Gasteiger partial charge on any atom is 0.235 e. The van der Waals surface area contributed by atoms with Gasteiger partial charge in [-0.15, -0.1) is 0 Å². The second kappa shape index (κ2) is 7.65. The van der Waals surface area contributed by atoms with Gasteiger partial charge in [0.15, 0.2) is 0 Å². The number of hydrogen-bond acceptors (Lipinski definition) is 4. The van der Waals surface area contributed by atoms with Crippen molar-refractivity contribution in [1.29, 1.82) is 0 Å². The van der Waals surface area contributed by atoms with Crippen molar-refractivity contribution in [3.8, 4) is 0 Å². The lowest BCUT2D eigenvalue weighted by Crippen LogP contribution is -2.38. The third-order valence-electron chi connectivity index (χ3n) is 4.23. The predicted molar refractivity (Wildman–Crippen MR) is 96.6 cm³/mol. The van der Waals surface area contributed by atoms with Gasteiger partial charge in [0.2, 0.25) is 15.9 Å². The molecule has 0 fully saturated rings. The Labute approximate surface area is 147 Å². The van der Waals surface area contributed by atoms with Gasteiger partial charge in [-0.05, 0) is 42.2 Å². The van der Waals surface area contributed by atoms with Gasteiger partial charge in [0.1, 0.15) is 0 Å². The van der Waals surface area contributed by atoms with Gasteiger partial charge < -0.3 is 5.32 Å². The molecule has 0 spiro atoms. The number of nitrogens with one attached hydrogen (secondary N) is 1. The van der Waals surface area contributed by atoms with E-state index in [1.165, 1.54) is 4.31 Å². The predicted octanol–water partition coefficient (Wildman–Crippen LogP) is 1.87. The third-order valence-corrected chi connectivity index (χ3v) is 6.00. The van der Waals surface area contributed by atoms with Crippen LogP contribution in [0.5, 0.6) is 0 Å². The molecule has 0 atom stereocenters. The van der Waals surface area contributed by atoms with E-state index < -0.39 is 10.0 Å². The summed E-state index contributed by atoms with van der Waals surface area (Å²) in [6, 6.07) is 11.2. The van der Waals surface area contributed by atoms with Crippen LogP contribution in [0.3, 0.4) is 0 Å². The van der Waals surface area contributed by atoms with Gasteiger partial charge in [0, 0.05) is 31.9 Å². The van der Waals surface area contributed by atoms with E-state index >= 15 is 0 Å². The summed E-state index contributed by atoms with van der Waals surface area (Å²) in [7, 11) is -3.51. The standard InChI is InChI=1S/C18H21N3O3S/c22-18(20-14-15-7-10-19-11-8-15)9-13-25(23,24)21-12-3-5-16-4-1-2-6-17(16)21/h1-2,4,6-8,10-11H,3,5,9,12-14H2,(H,20,22). The lowest BCUT2D eigenvalue weighted by molar-refractivity contribution is -0.120. The van der Waals surface area contributed by atoms with Crippen LogP contribution in [0.25, 0.3) is 0 Å². The summed E-state index contributed by atoms with van der Waals surface area (Å²) in [6.45, 7) is 0.839. The summed E-state index contributed by atoms with van der Waals surface area (Å²) in [5, 5.41) is 2.74. The molecule has 1 aromatic heterocycles. The zero-order valence-corrected chi connectivity index (χ0v) is 14.7. The number of fused-ring (bicyclic) bond motifs is 1. The van der Waals surface area contributed by atoms with Crippen LogP contribution in [-0.2, 0) is 27.8 Å². The minimum Gasteiger partial charge on any atom is -0.352 e. The maximum absolute atomic E-state index is 12.7. The average Bonchev–Trinajstić information content (AvgIpc) is 2.65. The molecule has 2 heterocycles. The second-order valence-electron chi connectivity index (χ2n) is 6.00. The highest BCUT2D eigenvalue weighted by molar-refractivity contribution is 7.92. The first-order valence-electron chi connectivity index (χ1n) is 8.30. The van der Waals surface area contributed by atoms with Crippen LogP contribution >= 0.6 is 0 Å². The lowest BCUT2D eigenvalue weighted by atomic mass is 10.0. The Morgan fingerprint density at radius 1 is 1.16 bits per heavy atom. The number of rotatable bonds is 6. The number of carbonyl (C=O) groups excluding carboxylic acids is 1. The zero-order valence-electron chi connectivity index (χ0n) is 13.9. The van der Waals surface area contributed by atoms with Gasteiger partial charge in [0.05, 0.1) is 11.4 Å². The summed E-state index contributed by atoms with van der Waals surface area (Å²) in [4.78, 5) is 15.9. The number of aryl methyl sites for hydroxylation is 1. The number of amides is 1. The molecule has 6 nitrogen and oxygen atoms in total. The van der Waals surface area contributed by atoms with Gasteiger partial charge >= 0.3 is 0 Å². The van der Waals surface area contributed by atoms with Crippen LogP contribution in [0, 0.1) is 0 Å². The first kappa shape index (κ1) is 17.4. The van der Waals surface area contributed by atoms with Crippen molar-refractivity contribution < 1.29 is 13.2 Å². The molecule has 1 amide bonds. The van der Waals surface area contributed by atoms with E-state index in [4.69, 9.17) is 0 Å². The summed E-state index contributed by atoms with van der Waals surface area (Å²) < 4.78 is 26.8. The zero-order chi connectivity index (χ0) is 17.7. The number of anilines is 1. The fraction of sp³-hybridized carbons (Fsp3) is 0.333. The minimum absolute atomic E-state index is 0.0495. The Hall–Kier alpha value is -2.41. The summed E-state index contributed by atoms with van der Waals surface area (Å²) >= 11 is 0. The van der Waals surface area contributed by atoms with E-state index in [0.29, 0.717) is 13.1 Å². The maximum atomic E-state index is 12.7. The van der Waals surface area contributed by atoms with Crippen molar-refractivity contribution in [1.82, 2.24) is 10.3 Å². The highest BCUT2D eigenvalue weighted by atomic mass is 32.2. The smallest absolute Gasteiger partial charge is 0.235 e. The molecule has 0 unspecified atom stereocenters. The number of pyridine rings is 1. The Kier molecular flexibility index (Phi) is 5.33. The number of para-hydroxylation sites is 1. The largest absolute Gasteiger partial charge is 0.352 e. The van der Waals surface area contributed by atoms with Gasteiger partial charge in [-0.1, -0.05) is 18.2 Å². The van der Waals surface area contributed by atoms with Gasteiger partial charge in [-0.2, -0.15) is 0 Å². The molecular weight excluding hydrogens is 338 g/mol. The van der Waals surface area contributed by atoms with Crippen molar-refractivity contribution in [3.63, 3.8) is 0 Å². The molecule has 0 bridgehead atoms. The number of benzene rings is 1. The molecule has 132 valence electrons. The van der Waals surface area contributed by atoms with Gasteiger partial charge in [-0.25, -0.2) is 8.42 Å². The summed E-state index contributed by atoms with van der Waals surface area (Å²) in [6.07, 6.45) is 4.94. The van der Waals surface area contributed by atoms with Crippen molar-refractivity contribution in [2.45, 2.75) is 25.8 Å². The van der Waals surface area contributed by atoms with Crippen molar-refractivity contribution in [3.05, 3.63) is 59.9 Å². The molecule has 1 aliphatic rings. The van der Waals surface area contributed by atoms with Crippen LogP contribution in [0.4, 0.5) is 5.69 Å². The summed E-state index contributed by atoms with van der Waals surface area (Å²) in [5.41, 5.74) is 2.71. The first-order chi connectivity index (χ1) is 12.1. The van der Waals surface area contributed by atoms with Crippen LogP contribution < -0.4 is 9.62 Å². The fourth-order valence-electron chi connectivity index (χ4n) is 2.91.